The van der Waals surface area contributed by atoms with Crippen molar-refractivity contribution in [1.29, 1.82) is 0 Å². The lowest BCUT2D eigenvalue weighted by molar-refractivity contribution is -0.113. The number of primary amides is 1. The van der Waals surface area contributed by atoms with E-state index in [1.807, 2.05) is 32.0 Å². The number of nitrogens with zero attached hydrogens (tertiary/aromatic N) is 4. The number of nitrogens with two attached hydrogens (primary N) is 1. The van der Waals surface area contributed by atoms with Gasteiger partial charge in [-0.05, 0) is 66.6 Å². The first-order valence-electron chi connectivity index (χ1n) is 8.12. The molecule has 9 heteroatoms. The number of carbonyl (C=O) groups is 2. The highest BCUT2D eigenvalue weighted by Gasteiger charge is 2.10. The molecule has 1 aromatic heterocycles. The van der Waals surface area contributed by atoms with Gasteiger partial charge in [-0.25, -0.2) is 0 Å². The molecule has 1 heterocycles. The van der Waals surface area contributed by atoms with Gasteiger partial charge >= 0.3 is 0 Å². The molecule has 0 bridgehead atoms. The molecule has 2 amide bonds. The fourth-order valence-electron chi connectivity index (χ4n) is 2.27. The zero-order chi connectivity index (χ0) is 19.4. The summed E-state index contributed by atoms with van der Waals surface area (Å²) in [6.07, 6.45) is 0. The predicted octanol–water partition coefficient (Wildman–Crippen LogP) is 2.11. The van der Waals surface area contributed by atoms with Gasteiger partial charge in [-0.1, -0.05) is 17.8 Å². The van der Waals surface area contributed by atoms with E-state index in [-0.39, 0.29) is 11.7 Å². The second kappa shape index (κ2) is 8.00. The van der Waals surface area contributed by atoms with E-state index in [1.165, 1.54) is 22.1 Å². The molecule has 0 saturated heterocycles. The molecule has 0 saturated carbocycles. The van der Waals surface area contributed by atoms with Gasteiger partial charge in [-0.3, -0.25) is 9.59 Å². The van der Waals surface area contributed by atoms with E-state index >= 15 is 0 Å². The molecular formula is C18H18N6O2S. The second-order valence-corrected chi connectivity index (χ2v) is 6.85. The Morgan fingerprint density at radius 3 is 2.52 bits per heavy atom. The van der Waals surface area contributed by atoms with Gasteiger partial charge in [0.1, 0.15) is 0 Å². The Kier molecular flexibility index (Phi) is 5.51. The maximum absolute atomic E-state index is 12.1. The number of aryl methyl sites for hydroxylation is 2. The monoisotopic (exact) mass is 382 g/mol. The minimum Gasteiger partial charge on any atom is -0.366 e. The number of hydrogen-bond acceptors (Lipinski definition) is 6. The SMILES string of the molecule is Cc1ccc(NC(=O)CSc2nnn(-c3ccc(C(N)=O)cc3)n2)cc1C. The molecule has 0 fully saturated rings. The number of nitrogens with one attached hydrogen (secondary N) is 1. The number of anilines is 1. The maximum atomic E-state index is 12.1. The second-order valence-electron chi connectivity index (χ2n) is 5.91. The molecule has 0 atom stereocenters. The first-order chi connectivity index (χ1) is 12.9. The van der Waals surface area contributed by atoms with Crippen molar-refractivity contribution in [3.63, 3.8) is 0 Å². The fourth-order valence-corrected chi connectivity index (χ4v) is 2.84. The summed E-state index contributed by atoms with van der Waals surface area (Å²) in [4.78, 5) is 24.5. The van der Waals surface area contributed by atoms with Crippen LogP contribution in [0, 0.1) is 13.8 Å². The van der Waals surface area contributed by atoms with Crippen molar-refractivity contribution in [3.05, 3.63) is 59.2 Å². The van der Waals surface area contributed by atoms with Crippen LogP contribution in [0.2, 0.25) is 0 Å². The first kappa shape index (κ1) is 18.6. The molecule has 3 rings (SSSR count). The summed E-state index contributed by atoms with van der Waals surface area (Å²) in [5.74, 6) is -0.483. The highest BCUT2D eigenvalue weighted by Crippen LogP contribution is 2.16. The summed E-state index contributed by atoms with van der Waals surface area (Å²) in [6.45, 7) is 4.02. The van der Waals surface area contributed by atoms with Crippen molar-refractivity contribution in [3.8, 4) is 5.69 Å². The molecular weight excluding hydrogens is 364 g/mol. The molecule has 0 radical (unpaired) electrons. The van der Waals surface area contributed by atoms with Crippen LogP contribution >= 0.6 is 11.8 Å². The normalized spacial score (nSPS) is 10.6. The van der Waals surface area contributed by atoms with Crippen LogP contribution in [0.5, 0.6) is 0 Å². The van der Waals surface area contributed by atoms with Gasteiger partial charge in [0.15, 0.2) is 0 Å². The van der Waals surface area contributed by atoms with Gasteiger partial charge in [0.25, 0.3) is 0 Å². The van der Waals surface area contributed by atoms with E-state index in [9.17, 15) is 9.59 Å². The summed E-state index contributed by atoms with van der Waals surface area (Å²) in [6, 6.07) is 12.3. The van der Waals surface area contributed by atoms with Crippen LogP contribution in [-0.2, 0) is 4.79 Å². The Labute approximate surface area is 160 Å². The number of rotatable bonds is 6. The van der Waals surface area contributed by atoms with Crippen LogP contribution < -0.4 is 11.1 Å². The minimum absolute atomic E-state index is 0.148. The third-order valence-corrected chi connectivity index (χ3v) is 4.73. The van der Waals surface area contributed by atoms with Crippen LogP contribution in [0.25, 0.3) is 5.69 Å². The fraction of sp³-hybridized carbons (Fsp3) is 0.167. The Balaban J connectivity index is 1.58. The van der Waals surface area contributed by atoms with Crippen LogP contribution in [0.1, 0.15) is 21.5 Å². The highest BCUT2D eigenvalue weighted by molar-refractivity contribution is 7.99. The van der Waals surface area contributed by atoms with Crippen molar-refractivity contribution in [2.45, 2.75) is 19.0 Å². The van der Waals surface area contributed by atoms with E-state index in [2.05, 4.69) is 20.7 Å². The molecule has 27 heavy (non-hydrogen) atoms. The number of thioether (sulfide) groups is 1. The number of amides is 2. The van der Waals surface area contributed by atoms with Gasteiger partial charge in [-0.15, -0.1) is 15.0 Å². The molecule has 0 aliphatic heterocycles. The number of aromatic nitrogens is 4. The smallest absolute Gasteiger partial charge is 0.248 e. The summed E-state index contributed by atoms with van der Waals surface area (Å²) in [7, 11) is 0. The number of hydrogen-bond donors (Lipinski definition) is 2. The topological polar surface area (TPSA) is 116 Å². The van der Waals surface area contributed by atoms with E-state index in [0.29, 0.717) is 16.4 Å². The lowest BCUT2D eigenvalue weighted by atomic mass is 10.1. The van der Waals surface area contributed by atoms with E-state index in [4.69, 9.17) is 5.73 Å². The molecule has 0 spiro atoms. The van der Waals surface area contributed by atoms with E-state index < -0.39 is 5.91 Å². The number of benzene rings is 2. The molecule has 2 aromatic carbocycles. The van der Waals surface area contributed by atoms with Crippen LogP contribution in [0.15, 0.2) is 47.6 Å². The summed E-state index contributed by atoms with van der Waals surface area (Å²) >= 11 is 1.19. The van der Waals surface area contributed by atoms with Crippen LogP contribution in [-0.4, -0.2) is 37.8 Å². The third-order valence-electron chi connectivity index (χ3n) is 3.90. The number of carbonyl (C=O) groups excluding carboxylic acids is 2. The Morgan fingerprint density at radius 2 is 1.85 bits per heavy atom. The summed E-state index contributed by atoms with van der Waals surface area (Å²) in [5.41, 5.74) is 9.30. The van der Waals surface area contributed by atoms with Gasteiger partial charge in [0.2, 0.25) is 17.0 Å². The standard InChI is InChI=1S/C18H18N6O2S/c1-11-3-6-14(9-12(11)2)20-16(25)10-27-18-21-23-24(22-18)15-7-4-13(5-8-15)17(19)26/h3-9H,10H2,1-2H3,(H2,19,26)(H,20,25). The predicted molar refractivity (Wildman–Crippen MR) is 103 cm³/mol. The average Bonchev–Trinajstić information content (AvgIpc) is 3.12. The van der Waals surface area contributed by atoms with Crippen molar-refractivity contribution in [1.82, 2.24) is 20.2 Å². The average molecular weight is 382 g/mol. The molecule has 8 nitrogen and oxygen atoms in total. The first-order valence-corrected chi connectivity index (χ1v) is 9.11. The van der Waals surface area contributed by atoms with Crippen molar-refractivity contribution >= 4 is 29.3 Å². The Hall–Kier alpha value is -3.20. The lowest BCUT2D eigenvalue weighted by Crippen LogP contribution is -2.14. The molecule has 0 aliphatic carbocycles. The maximum Gasteiger partial charge on any atom is 0.248 e. The molecule has 3 N–H and O–H groups in total. The van der Waals surface area contributed by atoms with Gasteiger partial charge in [0.05, 0.1) is 11.4 Å². The van der Waals surface area contributed by atoms with Crippen molar-refractivity contribution < 1.29 is 9.59 Å². The van der Waals surface area contributed by atoms with Crippen molar-refractivity contribution in [2.75, 3.05) is 11.1 Å². The quantitative estimate of drug-likeness (QED) is 0.631. The largest absolute Gasteiger partial charge is 0.366 e. The molecule has 138 valence electrons. The van der Waals surface area contributed by atoms with Gasteiger partial charge in [-0.2, -0.15) is 0 Å². The Bertz CT molecular complexity index is 984. The zero-order valence-electron chi connectivity index (χ0n) is 14.8. The van der Waals surface area contributed by atoms with Gasteiger partial charge < -0.3 is 11.1 Å². The molecule has 0 unspecified atom stereocenters. The Morgan fingerprint density at radius 1 is 1.11 bits per heavy atom. The number of tetrazole rings is 1. The zero-order valence-corrected chi connectivity index (χ0v) is 15.7. The van der Waals surface area contributed by atoms with Gasteiger partial charge in [0, 0.05) is 11.3 Å². The van der Waals surface area contributed by atoms with Crippen LogP contribution in [0.4, 0.5) is 5.69 Å². The third kappa shape index (κ3) is 4.70. The summed E-state index contributed by atoms with van der Waals surface area (Å²) in [5, 5.41) is 15.3. The highest BCUT2D eigenvalue weighted by atomic mass is 32.2. The van der Waals surface area contributed by atoms with Crippen LogP contribution in [0.3, 0.4) is 0 Å². The van der Waals surface area contributed by atoms with Crippen molar-refractivity contribution in [2.24, 2.45) is 5.73 Å². The van der Waals surface area contributed by atoms with E-state index in [0.717, 1.165) is 11.3 Å². The summed E-state index contributed by atoms with van der Waals surface area (Å²) < 4.78 is 0. The molecule has 0 aliphatic rings. The lowest BCUT2D eigenvalue weighted by Gasteiger charge is -2.06. The van der Waals surface area contributed by atoms with E-state index in [1.54, 1.807) is 24.3 Å². The molecule has 3 aromatic rings. The minimum atomic E-state index is -0.501.